The average Bonchev–Trinajstić information content (AvgIpc) is 2.46. The number of nitrogens with two attached hydrogens (primary N) is 1. The van der Waals surface area contributed by atoms with E-state index in [0.717, 1.165) is 18.8 Å². The normalized spacial score (nSPS) is 12.4. The van der Waals surface area contributed by atoms with Crippen molar-refractivity contribution < 1.29 is 9.94 Å². The third-order valence-corrected chi connectivity index (χ3v) is 4.16. The third kappa shape index (κ3) is 5.71. The van der Waals surface area contributed by atoms with Gasteiger partial charge in [0, 0.05) is 23.4 Å². The molecule has 1 aromatic rings. The predicted molar refractivity (Wildman–Crippen MR) is 84.9 cm³/mol. The molecule has 0 aliphatic heterocycles. The number of nitrogens with one attached hydrogen (secondary N) is 1. The minimum atomic E-state index is 0.0949. The highest BCUT2D eigenvalue weighted by Gasteiger charge is 2.14. The third-order valence-electron chi connectivity index (χ3n) is 2.91. The van der Waals surface area contributed by atoms with Crippen LogP contribution < -0.4 is 15.8 Å². The van der Waals surface area contributed by atoms with Crippen LogP contribution in [0.1, 0.15) is 19.4 Å². The van der Waals surface area contributed by atoms with Crippen molar-refractivity contribution in [1.29, 1.82) is 0 Å². The van der Waals surface area contributed by atoms with Gasteiger partial charge in [-0.05, 0) is 44.4 Å². The molecule has 112 valence electrons. The molecule has 1 rings (SSSR count). The molecule has 0 saturated heterocycles. The topological polar surface area (TPSA) is 79.9 Å². The van der Waals surface area contributed by atoms with Crippen LogP contribution in [0.15, 0.2) is 29.4 Å². The van der Waals surface area contributed by atoms with E-state index in [9.17, 15) is 0 Å². The van der Waals surface area contributed by atoms with E-state index in [1.807, 2.05) is 11.8 Å². The average molecular weight is 297 g/mol. The Morgan fingerprint density at radius 3 is 2.60 bits per heavy atom. The van der Waals surface area contributed by atoms with Crippen molar-refractivity contribution in [3.05, 3.63) is 29.8 Å². The Labute approximate surface area is 124 Å². The van der Waals surface area contributed by atoms with E-state index in [1.54, 1.807) is 24.3 Å². The Balaban J connectivity index is 2.29. The van der Waals surface area contributed by atoms with E-state index in [1.165, 1.54) is 0 Å². The molecule has 6 heteroatoms. The second-order valence-corrected chi connectivity index (χ2v) is 6.51. The summed E-state index contributed by atoms with van der Waals surface area (Å²) in [4.78, 5) is 0. The molecule has 0 aliphatic rings. The zero-order valence-electron chi connectivity index (χ0n) is 12.2. The maximum absolute atomic E-state index is 8.57. The van der Waals surface area contributed by atoms with E-state index in [0.29, 0.717) is 12.2 Å². The number of hydrogen-bond donors (Lipinski definition) is 3. The van der Waals surface area contributed by atoms with Crippen LogP contribution in [0.2, 0.25) is 0 Å². The summed E-state index contributed by atoms with van der Waals surface area (Å²) in [7, 11) is 0. The largest absolute Gasteiger partial charge is 0.492 e. The van der Waals surface area contributed by atoms with E-state index < -0.39 is 0 Å². The highest BCUT2D eigenvalue weighted by molar-refractivity contribution is 7.99. The number of rotatable bonds is 8. The van der Waals surface area contributed by atoms with Crippen molar-refractivity contribution in [2.75, 3.05) is 26.0 Å². The van der Waals surface area contributed by atoms with E-state index in [4.69, 9.17) is 15.7 Å². The fourth-order valence-electron chi connectivity index (χ4n) is 1.48. The monoisotopic (exact) mass is 297 g/mol. The summed E-state index contributed by atoms with van der Waals surface area (Å²) in [6, 6.07) is 7.13. The molecule has 5 nitrogen and oxygen atoms in total. The van der Waals surface area contributed by atoms with Gasteiger partial charge in [-0.1, -0.05) is 5.16 Å². The van der Waals surface area contributed by atoms with E-state index in [-0.39, 0.29) is 10.6 Å². The van der Waals surface area contributed by atoms with Gasteiger partial charge in [0.15, 0.2) is 5.84 Å². The summed E-state index contributed by atoms with van der Waals surface area (Å²) in [5.41, 5.74) is 6.15. The number of ether oxygens (including phenoxy) is 1. The zero-order valence-corrected chi connectivity index (χ0v) is 13.0. The highest BCUT2D eigenvalue weighted by atomic mass is 32.2. The molecule has 0 bridgehead atoms. The molecule has 20 heavy (non-hydrogen) atoms. The molecule has 0 spiro atoms. The minimum absolute atomic E-state index is 0.0949. The minimum Gasteiger partial charge on any atom is -0.492 e. The van der Waals surface area contributed by atoms with Gasteiger partial charge in [-0.15, -0.1) is 0 Å². The lowest BCUT2D eigenvalue weighted by molar-refractivity contribution is 0.312. The highest BCUT2D eigenvalue weighted by Crippen LogP contribution is 2.19. The molecule has 4 N–H and O–H groups in total. The number of oxime groups is 1. The van der Waals surface area contributed by atoms with Gasteiger partial charge in [-0.3, -0.25) is 0 Å². The molecular formula is C14H23N3O2S. The Bertz CT molecular complexity index is 433. The van der Waals surface area contributed by atoms with Gasteiger partial charge in [0.2, 0.25) is 0 Å². The van der Waals surface area contributed by atoms with Gasteiger partial charge in [-0.25, -0.2) is 0 Å². The first kappa shape index (κ1) is 16.7. The Hall–Kier alpha value is -1.40. The number of hydrogen-bond acceptors (Lipinski definition) is 5. The summed E-state index contributed by atoms with van der Waals surface area (Å²) in [6.07, 6.45) is 2.11. The maximum atomic E-state index is 8.57. The SMILES string of the molecule is CSC(C)(C)CNCCOc1ccc(/C(N)=N/O)cc1. The van der Waals surface area contributed by atoms with Crippen LogP contribution in [0, 0.1) is 0 Å². The fraction of sp³-hybridized carbons (Fsp3) is 0.500. The number of benzene rings is 1. The van der Waals surface area contributed by atoms with Gasteiger partial charge in [0.25, 0.3) is 0 Å². The van der Waals surface area contributed by atoms with Crippen LogP contribution in [0.4, 0.5) is 0 Å². The summed E-state index contributed by atoms with van der Waals surface area (Å²) < 4.78 is 5.85. The molecule has 0 aliphatic carbocycles. The molecule has 0 fully saturated rings. The smallest absolute Gasteiger partial charge is 0.170 e. The van der Waals surface area contributed by atoms with Crippen LogP contribution in [0.3, 0.4) is 0 Å². The molecule has 0 heterocycles. The van der Waals surface area contributed by atoms with Crippen LogP contribution >= 0.6 is 11.8 Å². The first-order chi connectivity index (χ1) is 9.48. The van der Waals surface area contributed by atoms with Crippen molar-refractivity contribution >= 4 is 17.6 Å². The standard InChI is InChI=1S/C14H23N3O2S/c1-14(2,20-3)10-16-8-9-19-12-6-4-11(5-7-12)13(15)17-18/h4-7,16,18H,8-10H2,1-3H3,(H2,15,17). The van der Waals surface area contributed by atoms with Crippen molar-refractivity contribution in [2.45, 2.75) is 18.6 Å². The molecule has 0 unspecified atom stereocenters. The van der Waals surface area contributed by atoms with Crippen molar-refractivity contribution in [1.82, 2.24) is 5.32 Å². The van der Waals surface area contributed by atoms with E-state index in [2.05, 4.69) is 30.6 Å². The Morgan fingerprint density at radius 1 is 1.40 bits per heavy atom. The van der Waals surface area contributed by atoms with Crippen molar-refractivity contribution in [2.24, 2.45) is 10.9 Å². The summed E-state index contributed by atoms with van der Waals surface area (Å²) >= 11 is 1.84. The molecule has 1 aromatic carbocycles. The van der Waals surface area contributed by atoms with Crippen molar-refractivity contribution in [3.8, 4) is 5.75 Å². The van der Waals surface area contributed by atoms with Gasteiger partial charge in [0.05, 0.1) is 0 Å². The second-order valence-electron chi connectivity index (χ2n) is 5.00. The number of amidine groups is 1. The van der Waals surface area contributed by atoms with Crippen LogP contribution in [-0.2, 0) is 0 Å². The van der Waals surface area contributed by atoms with Crippen molar-refractivity contribution in [3.63, 3.8) is 0 Å². The van der Waals surface area contributed by atoms with Gasteiger partial charge >= 0.3 is 0 Å². The van der Waals surface area contributed by atoms with Crippen LogP contribution in [-0.4, -0.2) is 41.7 Å². The zero-order chi connectivity index (χ0) is 15.0. The quantitative estimate of drug-likeness (QED) is 0.224. The number of thioether (sulfide) groups is 1. The number of nitrogens with zero attached hydrogens (tertiary/aromatic N) is 1. The summed E-state index contributed by atoms with van der Waals surface area (Å²) in [6.45, 7) is 6.76. The molecular weight excluding hydrogens is 274 g/mol. The first-order valence-corrected chi connectivity index (χ1v) is 7.67. The summed E-state index contributed by atoms with van der Waals surface area (Å²) in [5, 5.41) is 14.9. The second kappa shape index (κ2) is 8.01. The van der Waals surface area contributed by atoms with E-state index >= 15 is 0 Å². The molecule has 0 atom stereocenters. The van der Waals surface area contributed by atoms with Gasteiger partial charge < -0.3 is 21.0 Å². The molecule has 0 radical (unpaired) electrons. The van der Waals surface area contributed by atoms with Crippen LogP contribution in [0.25, 0.3) is 0 Å². The Kier molecular flexibility index (Phi) is 6.67. The molecule has 0 saturated carbocycles. The molecule has 0 amide bonds. The first-order valence-electron chi connectivity index (χ1n) is 6.45. The molecule has 0 aromatic heterocycles. The van der Waals surface area contributed by atoms with Crippen LogP contribution in [0.5, 0.6) is 5.75 Å². The van der Waals surface area contributed by atoms with Gasteiger partial charge in [-0.2, -0.15) is 11.8 Å². The Morgan fingerprint density at radius 2 is 2.05 bits per heavy atom. The maximum Gasteiger partial charge on any atom is 0.170 e. The fourth-order valence-corrected chi connectivity index (χ4v) is 1.73. The summed E-state index contributed by atoms with van der Waals surface area (Å²) in [5.74, 6) is 0.864. The lowest BCUT2D eigenvalue weighted by Gasteiger charge is -2.22. The lowest BCUT2D eigenvalue weighted by Crippen LogP contribution is -2.34. The predicted octanol–water partition coefficient (Wildman–Crippen LogP) is 1.89. The van der Waals surface area contributed by atoms with Gasteiger partial charge in [0.1, 0.15) is 12.4 Å². The lowest BCUT2D eigenvalue weighted by atomic mass is 10.2.